The molecule has 10 heteroatoms. The van der Waals surface area contributed by atoms with Gasteiger partial charge in [0.15, 0.2) is 16.5 Å². The van der Waals surface area contributed by atoms with Crippen LogP contribution < -0.4 is 11.1 Å². The minimum absolute atomic E-state index is 0.0745. The summed E-state index contributed by atoms with van der Waals surface area (Å²) in [7, 11) is 0. The highest BCUT2D eigenvalue weighted by Crippen LogP contribution is 2.44. The van der Waals surface area contributed by atoms with Gasteiger partial charge in [0.25, 0.3) is 0 Å². The van der Waals surface area contributed by atoms with Gasteiger partial charge in [-0.25, -0.2) is 9.78 Å². The molecular weight excluding hydrogens is 550 g/mol. The highest BCUT2D eigenvalue weighted by molar-refractivity contribution is 7.13. The van der Waals surface area contributed by atoms with Gasteiger partial charge in [0.2, 0.25) is 5.71 Å². The molecule has 1 aromatic heterocycles. The third-order valence-corrected chi connectivity index (χ3v) is 8.15. The molecular formula is C32H33N5O4S. The number of carboxylic acids is 1. The number of Topliss-reactive ketones (excluding diaryl/α,β-unsaturated/α-hetero) is 1. The van der Waals surface area contributed by atoms with E-state index in [1.54, 1.807) is 13.8 Å². The first-order valence-corrected chi connectivity index (χ1v) is 14.5. The molecule has 1 saturated heterocycles. The number of hydrogen-bond acceptors (Lipinski definition) is 9. The van der Waals surface area contributed by atoms with Crippen molar-refractivity contribution in [1.29, 1.82) is 0 Å². The van der Waals surface area contributed by atoms with Crippen LogP contribution in [0.25, 0.3) is 0 Å². The maximum absolute atomic E-state index is 14.4. The normalized spacial score (nSPS) is 16.6. The van der Waals surface area contributed by atoms with Gasteiger partial charge in [-0.05, 0) is 30.5 Å². The van der Waals surface area contributed by atoms with Crippen molar-refractivity contribution < 1.29 is 19.5 Å². The van der Waals surface area contributed by atoms with Crippen molar-refractivity contribution >= 4 is 33.9 Å². The van der Waals surface area contributed by atoms with Crippen molar-refractivity contribution in [1.82, 2.24) is 15.2 Å². The Kier molecular flexibility index (Phi) is 8.49. The van der Waals surface area contributed by atoms with E-state index in [2.05, 4.69) is 56.8 Å². The molecule has 1 fully saturated rings. The van der Waals surface area contributed by atoms with E-state index in [9.17, 15) is 14.7 Å². The van der Waals surface area contributed by atoms with Gasteiger partial charge in [0.05, 0.1) is 11.6 Å². The van der Waals surface area contributed by atoms with E-state index in [-0.39, 0.29) is 16.6 Å². The number of nitrogens with one attached hydrogen (secondary N) is 1. The molecule has 4 aromatic rings. The molecule has 0 saturated carbocycles. The fourth-order valence-electron chi connectivity index (χ4n) is 5.57. The molecule has 9 nitrogen and oxygen atoms in total. The molecule has 3 aromatic carbocycles. The summed E-state index contributed by atoms with van der Waals surface area (Å²) >= 11 is 1.09. The second kappa shape index (κ2) is 12.2. The van der Waals surface area contributed by atoms with E-state index >= 15 is 0 Å². The number of piperazine rings is 1. The molecule has 2 heterocycles. The number of nitrogens with two attached hydrogens (primary N) is 1. The van der Waals surface area contributed by atoms with Gasteiger partial charge in [-0.2, -0.15) is 0 Å². The second-order valence-corrected chi connectivity index (χ2v) is 11.4. The number of ketones is 1. The van der Waals surface area contributed by atoms with Crippen LogP contribution in [0.5, 0.6) is 0 Å². The van der Waals surface area contributed by atoms with Crippen molar-refractivity contribution in [3.63, 3.8) is 0 Å². The summed E-state index contributed by atoms with van der Waals surface area (Å²) in [5, 5.41) is 18.7. The smallest absolute Gasteiger partial charge is 0.360 e. The van der Waals surface area contributed by atoms with Gasteiger partial charge in [-0.1, -0.05) is 96.2 Å². The quantitative estimate of drug-likeness (QED) is 0.144. The zero-order valence-electron chi connectivity index (χ0n) is 23.4. The zero-order valence-corrected chi connectivity index (χ0v) is 24.3. The lowest BCUT2D eigenvalue weighted by Gasteiger charge is -2.51. The maximum Gasteiger partial charge on any atom is 0.360 e. The number of nitrogens with zero attached hydrogens (tertiary/aromatic N) is 3. The number of aliphatic carboxylic acids is 1. The van der Waals surface area contributed by atoms with Gasteiger partial charge in [0, 0.05) is 25.0 Å². The fourth-order valence-corrected chi connectivity index (χ4v) is 6.12. The van der Waals surface area contributed by atoms with Gasteiger partial charge in [0.1, 0.15) is 5.69 Å². The van der Waals surface area contributed by atoms with Crippen LogP contribution >= 0.6 is 11.3 Å². The Hall–Kier alpha value is -4.38. The van der Waals surface area contributed by atoms with Crippen LogP contribution in [0.3, 0.4) is 0 Å². The van der Waals surface area contributed by atoms with Gasteiger partial charge in [-0.3, -0.25) is 9.69 Å². The van der Waals surface area contributed by atoms with E-state index in [1.807, 2.05) is 54.6 Å². The number of thiazole rings is 1. The first-order valence-electron chi connectivity index (χ1n) is 13.6. The predicted octanol–water partition coefficient (Wildman–Crippen LogP) is 4.14. The second-order valence-electron chi connectivity index (χ2n) is 10.5. The number of nitrogen functional groups attached to an aromatic ring is 1. The van der Waals surface area contributed by atoms with Crippen LogP contribution in [0.1, 0.15) is 36.2 Å². The van der Waals surface area contributed by atoms with Crippen molar-refractivity contribution in [2.24, 2.45) is 5.16 Å². The molecule has 4 N–H and O–H groups in total. The average Bonchev–Trinajstić information content (AvgIpc) is 3.44. The highest BCUT2D eigenvalue weighted by Gasteiger charge is 2.50. The van der Waals surface area contributed by atoms with Crippen molar-refractivity contribution in [2.45, 2.75) is 31.0 Å². The van der Waals surface area contributed by atoms with Crippen LogP contribution in [0.15, 0.2) is 102 Å². The molecule has 1 aliphatic rings. The van der Waals surface area contributed by atoms with Crippen LogP contribution in [0, 0.1) is 0 Å². The van der Waals surface area contributed by atoms with Crippen LogP contribution in [-0.2, 0) is 20.0 Å². The Morgan fingerprint density at radius 3 is 1.95 bits per heavy atom. The van der Waals surface area contributed by atoms with Crippen LogP contribution in [0.4, 0.5) is 5.13 Å². The summed E-state index contributed by atoms with van der Waals surface area (Å²) in [6.07, 6.45) is 0. The summed E-state index contributed by atoms with van der Waals surface area (Å²) in [6.45, 7) is 4.82. The minimum Gasteiger partial charge on any atom is -0.476 e. The Bertz CT molecular complexity index is 1460. The van der Waals surface area contributed by atoms with Crippen molar-refractivity contribution in [2.75, 3.05) is 25.4 Å². The first kappa shape index (κ1) is 29.1. The Balaban J connectivity index is 1.61. The predicted molar refractivity (Wildman–Crippen MR) is 163 cm³/mol. The minimum atomic E-state index is -1.47. The molecule has 5 rings (SSSR count). The van der Waals surface area contributed by atoms with Crippen molar-refractivity contribution in [3.05, 3.63) is 119 Å². The summed E-state index contributed by atoms with van der Waals surface area (Å²) in [5.74, 6) is -1.58. The molecule has 1 unspecified atom stereocenters. The number of rotatable bonds is 10. The SMILES string of the molecule is CC(C)(O/N=C(/C(=O)O)c1csc(N)n1)C(=O)C1CNCCN1C(c1ccccc1)(c1ccccc1)c1ccccc1. The summed E-state index contributed by atoms with van der Waals surface area (Å²) < 4.78 is 0. The molecule has 0 amide bonds. The van der Waals surface area contributed by atoms with Gasteiger partial charge >= 0.3 is 5.97 Å². The number of aromatic nitrogens is 1. The number of hydrogen-bond donors (Lipinski definition) is 3. The average molecular weight is 584 g/mol. The van der Waals surface area contributed by atoms with Gasteiger partial charge in [-0.15, -0.1) is 11.3 Å². The molecule has 0 aliphatic carbocycles. The number of anilines is 1. The third-order valence-electron chi connectivity index (χ3n) is 7.48. The number of carboxylic acid groups (broad SMARTS) is 1. The van der Waals surface area contributed by atoms with E-state index in [4.69, 9.17) is 10.6 Å². The lowest BCUT2D eigenvalue weighted by atomic mass is 9.73. The Morgan fingerprint density at radius 2 is 1.50 bits per heavy atom. The van der Waals surface area contributed by atoms with Crippen LogP contribution in [-0.4, -0.2) is 63.7 Å². The van der Waals surface area contributed by atoms with Gasteiger partial charge < -0.3 is 21.0 Å². The topological polar surface area (TPSA) is 130 Å². The maximum atomic E-state index is 14.4. The standard InChI is InChI=1S/C32H33N5O4S/c1-31(2,41-36-27(29(39)40)25-21-42-30(33)35-25)28(38)26-20-34-18-19-37(26)32(22-12-6-3-7-13-22,23-14-8-4-9-15-23)24-16-10-5-11-17-24/h3-17,21,26,34H,18-20H2,1-2H3,(H2,33,35)(H,39,40)/b36-27+. The molecule has 42 heavy (non-hydrogen) atoms. The molecule has 0 radical (unpaired) electrons. The lowest BCUT2D eigenvalue weighted by molar-refractivity contribution is -0.149. The molecule has 1 atom stereocenters. The fraction of sp³-hybridized carbons (Fsp3) is 0.250. The highest BCUT2D eigenvalue weighted by atomic mass is 32.1. The summed E-state index contributed by atoms with van der Waals surface area (Å²) in [4.78, 5) is 38.4. The van der Waals surface area contributed by atoms with E-state index in [0.717, 1.165) is 28.0 Å². The van der Waals surface area contributed by atoms with E-state index in [1.165, 1.54) is 5.38 Å². The Labute approximate surface area is 248 Å². The number of carbonyl (C=O) groups is 2. The first-order chi connectivity index (χ1) is 20.2. The third kappa shape index (κ3) is 5.56. The largest absolute Gasteiger partial charge is 0.476 e. The monoisotopic (exact) mass is 583 g/mol. The molecule has 0 bridgehead atoms. The number of benzene rings is 3. The lowest BCUT2D eigenvalue weighted by Crippen LogP contribution is -2.65. The zero-order chi connectivity index (χ0) is 29.7. The Morgan fingerprint density at radius 1 is 0.976 bits per heavy atom. The molecule has 0 spiro atoms. The molecule has 216 valence electrons. The number of oxime groups is 1. The van der Waals surface area contributed by atoms with E-state index < -0.39 is 28.9 Å². The summed E-state index contributed by atoms with van der Waals surface area (Å²) in [6, 6.07) is 29.9. The number of carbonyl (C=O) groups excluding carboxylic acids is 1. The van der Waals surface area contributed by atoms with Crippen LogP contribution in [0.2, 0.25) is 0 Å². The van der Waals surface area contributed by atoms with E-state index in [0.29, 0.717) is 19.6 Å². The summed E-state index contributed by atoms with van der Waals surface area (Å²) in [5.41, 5.74) is 6.13. The molecule has 1 aliphatic heterocycles. The van der Waals surface area contributed by atoms with Crippen molar-refractivity contribution in [3.8, 4) is 0 Å².